The maximum absolute atomic E-state index is 12.0. The third-order valence-corrected chi connectivity index (χ3v) is 3.92. The standard InChI is InChI=1S/C16H21N3OS.2ClH/c1-11(2)9-15-19-14(10-21-15)16(20)18-8-7-12-3-5-13(17)6-4-12;;/h3-6,10-11H,7-9,17H2,1-2H3,(H,18,20);2*1H. The van der Waals surface area contributed by atoms with Crippen LogP contribution in [0.5, 0.6) is 0 Å². The Morgan fingerprint density at radius 2 is 1.91 bits per heavy atom. The highest BCUT2D eigenvalue weighted by Crippen LogP contribution is 2.14. The average Bonchev–Trinajstić information content (AvgIpc) is 2.88. The SMILES string of the molecule is CC(C)Cc1nc(C(=O)NCCc2ccc(N)cc2)cs1.Cl.Cl. The topological polar surface area (TPSA) is 68.0 Å². The van der Waals surface area contributed by atoms with Gasteiger partial charge in [-0.15, -0.1) is 36.2 Å². The molecule has 0 saturated carbocycles. The van der Waals surface area contributed by atoms with Crippen molar-refractivity contribution < 1.29 is 4.79 Å². The molecule has 2 rings (SSSR count). The van der Waals surface area contributed by atoms with E-state index >= 15 is 0 Å². The van der Waals surface area contributed by atoms with Crippen molar-refractivity contribution in [2.75, 3.05) is 12.3 Å². The van der Waals surface area contributed by atoms with Gasteiger partial charge < -0.3 is 11.1 Å². The molecular formula is C16H23Cl2N3OS. The summed E-state index contributed by atoms with van der Waals surface area (Å²) >= 11 is 1.55. The number of aromatic nitrogens is 1. The minimum Gasteiger partial charge on any atom is -0.399 e. The Labute approximate surface area is 153 Å². The van der Waals surface area contributed by atoms with Crippen molar-refractivity contribution in [2.24, 2.45) is 5.92 Å². The molecule has 1 aromatic carbocycles. The summed E-state index contributed by atoms with van der Waals surface area (Å²) in [6, 6.07) is 7.70. The summed E-state index contributed by atoms with van der Waals surface area (Å²) in [7, 11) is 0. The number of rotatable bonds is 6. The van der Waals surface area contributed by atoms with Crippen molar-refractivity contribution in [1.29, 1.82) is 0 Å². The summed E-state index contributed by atoms with van der Waals surface area (Å²) in [5.74, 6) is 0.453. The van der Waals surface area contributed by atoms with E-state index in [-0.39, 0.29) is 30.7 Å². The fourth-order valence-corrected chi connectivity index (χ4v) is 2.94. The van der Waals surface area contributed by atoms with Crippen LogP contribution in [0.3, 0.4) is 0 Å². The van der Waals surface area contributed by atoms with Crippen LogP contribution in [-0.4, -0.2) is 17.4 Å². The quantitative estimate of drug-likeness (QED) is 0.755. The normalized spacial score (nSPS) is 9.87. The molecule has 0 unspecified atom stereocenters. The first-order valence-corrected chi connectivity index (χ1v) is 7.99. The van der Waals surface area contributed by atoms with E-state index in [0.29, 0.717) is 18.2 Å². The summed E-state index contributed by atoms with van der Waals surface area (Å²) in [5, 5.41) is 5.75. The number of nitrogens with two attached hydrogens (primary N) is 1. The van der Waals surface area contributed by atoms with Gasteiger partial charge in [0, 0.05) is 24.0 Å². The number of anilines is 1. The molecule has 1 heterocycles. The average molecular weight is 376 g/mol. The van der Waals surface area contributed by atoms with E-state index in [9.17, 15) is 4.79 Å². The molecule has 0 atom stereocenters. The van der Waals surface area contributed by atoms with Crippen LogP contribution in [0.15, 0.2) is 29.6 Å². The summed E-state index contributed by atoms with van der Waals surface area (Å²) in [6.45, 7) is 4.89. The molecule has 0 aliphatic carbocycles. The molecule has 1 aromatic heterocycles. The molecule has 4 nitrogen and oxygen atoms in total. The fourth-order valence-electron chi connectivity index (χ4n) is 1.95. The Morgan fingerprint density at radius 1 is 1.26 bits per heavy atom. The van der Waals surface area contributed by atoms with Crippen LogP contribution in [0.25, 0.3) is 0 Å². The van der Waals surface area contributed by atoms with Crippen molar-refractivity contribution in [2.45, 2.75) is 26.7 Å². The van der Waals surface area contributed by atoms with Gasteiger partial charge in [-0.1, -0.05) is 26.0 Å². The number of carbonyl (C=O) groups is 1. The molecule has 3 N–H and O–H groups in total. The third kappa shape index (κ3) is 7.20. The lowest BCUT2D eigenvalue weighted by Crippen LogP contribution is -2.26. The molecule has 7 heteroatoms. The lowest BCUT2D eigenvalue weighted by molar-refractivity contribution is 0.0949. The highest BCUT2D eigenvalue weighted by atomic mass is 35.5. The number of hydrogen-bond acceptors (Lipinski definition) is 4. The van der Waals surface area contributed by atoms with Crippen LogP contribution in [0.2, 0.25) is 0 Å². The molecule has 0 saturated heterocycles. The zero-order valence-corrected chi connectivity index (χ0v) is 15.7. The lowest BCUT2D eigenvalue weighted by atomic mass is 10.1. The van der Waals surface area contributed by atoms with Gasteiger partial charge in [0.25, 0.3) is 5.91 Å². The van der Waals surface area contributed by atoms with Crippen molar-refractivity contribution in [3.05, 3.63) is 45.9 Å². The fraction of sp³-hybridized carbons (Fsp3) is 0.375. The van der Waals surface area contributed by atoms with Crippen LogP contribution in [0.4, 0.5) is 5.69 Å². The molecule has 128 valence electrons. The number of carbonyl (C=O) groups excluding carboxylic acids is 1. The van der Waals surface area contributed by atoms with Gasteiger partial charge in [0.2, 0.25) is 0 Å². The third-order valence-electron chi connectivity index (χ3n) is 3.05. The highest BCUT2D eigenvalue weighted by molar-refractivity contribution is 7.09. The first kappa shape index (κ1) is 21.7. The number of nitrogen functional groups attached to an aromatic ring is 1. The molecule has 1 amide bonds. The zero-order valence-electron chi connectivity index (χ0n) is 13.2. The monoisotopic (exact) mass is 375 g/mol. The van der Waals surface area contributed by atoms with E-state index in [2.05, 4.69) is 24.1 Å². The molecule has 0 radical (unpaired) electrons. The second-order valence-electron chi connectivity index (χ2n) is 5.47. The van der Waals surface area contributed by atoms with E-state index < -0.39 is 0 Å². The number of hydrogen-bond donors (Lipinski definition) is 2. The van der Waals surface area contributed by atoms with E-state index in [1.165, 1.54) is 0 Å². The van der Waals surface area contributed by atoms with Crippen LogP contribution >= 0.6 is 36.2 Å². The van der Waals surface area contributed by atoms with Crippen molar-refractivity contribution in [1.82, 2.24) is 10.3 Å². The molecule has 23 heavy (non-hydrogen) atoms. The minimum atomic E-state index is -0.100. The maximum Gasteiger partial charge on any atom is 0.270 e. The van der Waals surface area contributed by atoms with Gasteiger partial charge in [-0.25, -0.2) is 4.98 Å². The van der Waals surface area contributed by atoms with Crippen molar-refractivity contribution >= 4 is 47.7 Å². The molecule has 0 bridgehead atoms. The van der Waals surface area contributed by atoms with E-state index in [1.807, 2.05) is 29.6 Å². The highest BCUT2D eigenvalue weighted by Gasteiger charge is 2.11. The smallest absolute Gasteiger partial charge is 0.270 e. The van der Waals surface area contributed by atoms with Gasteiger partial charge in [-0.05, 0) is 30.0 Å². The largest absolute Gasteiger partial charge is 0.399 e. The van der Waals surface area contributed by atoms with Crippen LogP contribution in [0.1, 0.15) is 34.9 Å². The first-order valence-electron chi connectivity index (χ1n) is 7.11. The van der Waals surface area contributed by atoms with Crippen molar-refractivity contribution in [3.8, 4) is 0 Å². The number of nitrogens with one attached hydrogen (secondary N) is 1. The molecule has 2 aromatic rings. The van der Waals surface area contributed by atoms with E-state index in [0.717, 1.165) is 29.1 Å². The summed E-state index contributed by atoms with van der Waals surface area (Å²) < 4.78 is 0. The van der Waals surface area contributed by atoms with Gasteiger partial charge in [-0.2, -0.15) is 0 Å². The first-order chi connectivity index (χ1) is 10.0. The van der Waals surface area contributed by atoms with Crippen LogP contribution < -0.4 is 11.1 Å². The summed E-state index contributed by atoms with van der Waals surface area (Å²) in [6.07, 6.45) is 1.71. The molecule has 0 fully saturated rings. The molecular weight excluding hydrogens is 353 g/mol. The Balaban J connectivity index is 0.00000242. The predicted molar refractivity (Wildman–Crippen MR) is 102 cm³/mol. The molecule has 0 aliphatic heterocycles. The van der Waals surface area contributed by atoms with Gasteiger partial charge in [0.05, 0.1) is 5.01 Å². The number of benzene rings is 1. The second kappa shape index (κ2) is 10.5. The Hall–Kier alpha value is -1.30. The predicted octanol–water partition coefficient (Wildman–Crippen LogP) is 3.74. The summed E-state index contributed by atoms with van der Waals surface area (Å²) in [4.78, 5) is 16.4. The molecule has 0 aliphatic rings. The van der Waals surface area contributed by atoms with Gasteiger partial charge in [-0.3, -0.25) is 4.79 Å². The Kier molecular flexibility index (Phi) is 9.88. The Morgan fingerprint density at radius 3 is 2.52 bits per heavy atom. The number of nitrogens with zero attached hydrogens (tertiary/aromatic N) is 1. The van der Waals surface area contributed by atoms with Crippen LogP contribution in [-0.2, 0) is 12.8 Å². The van der Waals surface area contributed by atoms with Crippen LogP contribution in [0, 0.1) is 5.92 Å². The lowest BCUT2D eigenvalue weighted by Gasteiger charge is -2.04. The number of halogens is 2. The van der Waals surface area contributed by atoms with E-state index in [4.69, 9.17) is 5.73 Å². The minimum absolute atomic E-state index is 0. The maximum atomic E-state index is 12.0. The van der Waals surface area contributed by atoms with Gasteiger partial charge in [0.1, 0.15) is 5.69 Å². The Bertz CT molecular complexity index is 600. The van der Waals surface area contributed by atoms with E-state index in [1.54, 1.807) is 11.3 Å². The number of amides is 1. The van der Waals surface area contributed by atoms with Gasteiger partial charge in [0.15, 0.2) is 0 Å². The summed E-state index contributed by atoms with van der Waals surface area (Å²) in [5.41, 5.74) is 8.07. The zero-order chi connectivity index (χ0) is 15.2. The second-order valence-corrected chi connectivity index (χ2v) is 6.41. The molecule has 0 spiro atoms. The van der Waals surface area contributed by atoms with Gasteiger partial charge >= 0.3 is 0 Å². The van der Waals surface area contributed by atoms with Crippen molar-refractivity contribution in [3.63, 3.8) is 0 Å². The number of thiazole rings is 1.